The minimum absolute atomic E-state index is 0.0802. The van der Waals surface area contributed by atoms with E-state index in [1.54, 1.807) is 52.3 Å². The Morgan fingerprint density at radius 3 is 2.07 bits per heavy atom. The van der Waals surface area contributed by atoms with Crippen LogP contribution in [0, 0.1) is 5.82 Å². The summed E-state index contributed by atoms with van der Waals surface area (Å²) in [5, 5.41) is 3.60. The minimum Gasteiger partial charge on any atom is -0.457 e. The monoisotopic (exact) mass is 591 g/mol. The van der Waals surface area contributed by atoms with Crippen LogP contribution in [-0.2, 0) is 29.1 Å². The van der Waals surface area contributed by atoms with Gasteiger partial charge in [-0.25, -0.2) is 9.18 Å². The molecule has 224 valence electrons. The molecule has 1 N–H and O–H groups in total. The fraction of sp³-hybridized carbons (Fsp3) is 0.250. The number of likely N-dealkylation sites (tertiary alicyclic amines) is 1. The van der Waals surface area contributed by atoms with Crippen LogP contribution >= 0.6 is 0 Å². The average molecular weight is 592 g/mol. The van der Waals surface area contributed by atoms with Crippen LogP contribution in [0.2, 0.25) is 0 Å². The number of nitrogens with one attached hydrogen (secondary N) is 1. The second kappa shape index (κ2) is 12.8. The van der Waals surface area contributed by atoms with Crippen molar-refractivity contribution in [1.29, 1.82) is 0 Å². The molecule has 2 fully saturated rings. The van der Waals surface area contributed by atoms with Gasteiger partial charge in [0, 0.05) is 31.5 Å². The number of esters is 1. The summed E-state index contributed by atoms with van der Waals surface area (Å²) >= 11 is 0. The van der Waals surface area contributed by atoms with E-state index < -0.39 is 17.7 Å². The third kappa shape index (κ3) is 6.12. The number of hydrogen-bond donors (Lipinski definition) is 1. The number of halogens is 1. The molecule has 6 rings (SSSR count). The maximum absolute atomic E-state index is 14.7. The molecule has 2 aliphatic rings. The van der Waals surface area contributed by atoms with E-state index >= 15 is 0 Å². The van der Waals surface area contributed by atoms with Crippen molar-refractivity contribution < 1.29 is 23.5 Å². The Morgan fingerprint density at radius 1 is 0.795 bits per heavy atom. The zero-order chi connectivity index (χ0) is 30.5. The maximum Gasteiger partial charge on any atom is 0.339 e. The second-order valence-corrected chi connectivity index (χ2v) is 11.3. The largest absolute Gasteiger partial charge is 0.457 e. The van der Waals surface area contributed by atoms with Crippen molar-refractivity contribution in [2.45, 2.75) is 44.1 Å². The summed E-state index contributed by atoms with van der Waals surface area (Å²) in [6.07, 6.45) is 1.44. The summed E-state index contributed by atoms with van der Waals surface area (Å²) in [5.41, 5.74) is 2.10. The zero-order valence-corrected chi connectivity index (χ0v) is 24.3. The first-order valence-electron chi connectivity index (χ1n) is 14.9. The molecule has 0 bridgehead atoms. The van der Waals surface area contributed by atoms with E-state index in [0.29, 0.717) is 37.9 Å². The molecule has 0 aliphatic carbocycles. The SMILES string of the molecule is O=C(OCc1ccccc1)c1ccccc1C(=O)N1CCC2(CC1)NC(Cc1ccccc1)C(=O)N2Cc1ccccc1F. The summed E-state index contributed by atoms with van der Waals surface area (Å²) in [7, 11) is 0. The molecule has 2 heterocycles. The molecule has 0 radical (unpaired) electrons. The van der Waals surface area contributed by atoms with E-state index in [4.69, 9.17) is 4.74 Å². The Balaban J connectivity index is 1.19. The number of ether oxygens (including phenoxy) is 1. The third-order valence-electron chi connectivity index (χ3n) is 8.56. The number of nitrogens with zero attached hydrogens (tertiary/aromatic N) is 2. The predicted octanol–water partition coefficient (Wildman–Crippen LogP) is 5.36. The van der Waals surface area contributed by atoms with Gasteiger partial charge >= 0.3 is 5.97 Å². The Bertz CT molecular complexity index is 1640. The lowest BCUT2D eigenvalue weighted by atomic mass is 9.94. The highest BCUT2D eigenvalue weighted by molar-refractivity contribution is 6.05. The first-order chi connectivity index (χ1) is 21.4. The van der Waals surface area contributed by atoms with Crippen molar-refractivity contribution in [2.24, 2.45) is 0 Å². The van der Waals surface area contributed by atoms with Crippen LogP contribution in [0.1, 0.15) is 50.2 Å². The molecule has 7 nitrogen and oxygen atoms in total. The summed E-state index contributed by atoms with van der Waals surface area (Å²) in [6, 6.07) is 31.9. The van der Waals surface area contributed by atoms with Crippen LogP contribution < -0.4 is 5.32 Å². The zero-order valence-electron chi connectivity index (χ0n) is 24.3. The van der Waals surface area contributed by atoms with Crippen LogP contribution in [0.25, 0.3) is 0 Å². The van der Waals surface area contributed by atoms with Crippen LogP contribution in [0.15, 0.2) is 109 Å². The van der Waals surface area contributed by atoms with Crippen LogP contribution in [0.5, 0.6) is 0 Å². The molecule has 0 saturated carbocycles. The topological polar surface area (TPSA) is 79.0 Å². The smallest absolute Gasteiger partial charge is 0.339 e. The van der Waals surface area contributed by atoms with Gasteiger partial charge in [-0.2, -0.15) is 0 Å². The maximum atomic E-state index is 14.7. The molecule has 2 saturated heterocycles. The van der Waals surface area contributed by atoms with E-state index in [1.807, 2.05) is 60.7 Å². The third-order valence-corrected chi connectivity index (χ3v) is 8.56. The molecule has 8 heteroatoms. The number of hydrogen-bond acceptors (Lipinski definition) is 5. The molecular weight excluding hydrogens is 557 g/mol. The normalized spacial score (nSPS) is 17.6. The minimum atomic E-state index is -0.732. The van der Waals surface area contributed by atoms with Crippen molar-refractivity contribution in [3.05, 3.63) is 143 Å². The van der Waals surface area contributed by atoms with E-state index in [1.165, 1.54) is 6.07 Å². The molecular formula is C36H34FN3O4. The van der Waals surface area contributed by atoms with Gasteiger partial charge in [-0.3, -0.25) is 14.9 Å². The fourth-order valence-corrected chi connectivity index (χ4v) is 6.19. The first kappa shape index (κ1) is 29.3. The van der Waals surface area contributed by atoms with Crippen LogP contribution in [0.4, 0.5) is 4.39 Å². The van der Waals surface area contributed by atoms with Crippen molar-refractivity contribution >= 4 is 17.8 Å². The van der Waals surface area contributed by atoms with Gasteiger partial charge in [0.15, 0.2) is 0 Å². The van der Waals surface area contributed by atoms with E-state index in [-0.39, 0.29) is 41.9 Å². The molecule has 2 amide bonds. The summed E-state index contributed by atoms with van der Waals surface area (Å²) in [5.74, 6) is -1.26. The standard InChI is InChI=1S/C36H34FN3O4/c37-31-18-10-7-15-28(31)24-40-34(42)32(23-26-11-3-1-4-12-26)38-36(40)19-21-39(22-20-36)33(41)29-16-8-9-17-30(29)35(43)44-25-27-13-5-2-6-14-27/h1-18,32,38H,19-25H2. The van der Waals surface area contributed by atoms with Gasteiger partial charge in [-0.1, -0.05) is 91.0 Å². The predicted molar refractivity (Wildman–Crippen MR) is 164 cm³/mol. The van der Waals surface area contributed by atoms with E-state index in [2.05, 4.69) is 5.32 Å². The van der Waals surface area contributed by atoms with Gasteiger partial charge in [-0.15, -0.1) is 0 Å². The fourth-order valence-electron chi connectivity index (χ4n) is 6.19. The Labute approximate surface area is 256 Å². The number of benzene rings is 4. The number of carbonyl (C=O) groups is 3. The van der Waals surface area contributed by atoms with Gasteiger partial charge in [0.25, 0.3) is 5.91 Å². The number of carbonyl (C=O) groups excluding carboxylic acids is 3. The van der Waals surface area contributed by atoms with Crippen molar-refractivity contribution in [3.63, 3.8) is 0 Å². The van der Waals surface area contributed by atoms with Crippen LogP contribution in [-0.4, -0.2) is 52.4 Å². The van der Waals surface area contributed by atoms with Gasteiger partial charge in [-0.05, 0) is 35.7 Å². The van der Waals surface area contributed by atoms with Crippen molar-refractivity contribution in [1.82, 2.24) is 15.1 Å². The van der Waals surface area contributed by atoms with E-state index in [0.717, 1.165) is 11.1 Å². The Kier molecular flexibility index (Phi) is 8.52. The molecule has 0 aromatic heterocycles. The van der Waals surface area contributed by atoms with Gasteiger partial charge in [0.2, 0.25) is 5.91 Å². The molecule has 1 unspecified atom stereocenters. The molecule has 4 aromatic carbocycles. The quantitative estimate of drug-likeness (QED) is 0.279. The van der Waals surface area contributed by atoms with Crippen molar-refractivity contribution in [2.75, 3.05) is 13.1 Å². The molecule has 4 aromatic rings. The number of rotatable bonds is 8. The van der Waals surface area contributed by atoms with Crippen molar-refractivity contribution in [3.8, 4) is 0 Å². The van der Waals surface area contributed by atoms with Gasteiger partial charge in [0.05, 0.1) is 29.4 Å². The van der Waals surface area contributed by atoms with Gasteiger partial charge in [0.1, 0.15) is 12.4 Å². The van der Waals surface area contributed by atoms with Gasteiger partial charge < -0.3 is 14.5 Å². The highest BCUT2D eigenvalue weighted by atomic mass is 19.1. The number of piperidine rings is 1. The van der Waals surface area contributed by atoms with E-state index in [9.17, 15) is 18.8 Å². The Morgan fingerprint density at radius 2 is 1.39 bits per heavy atom. The lowest BCUT2D eigenvalue weighted by Gasteiger charge is -2.44. The highest BCUT2D eigenvalue weighted by Gasteiger charge is 2.52. The number of amides is 2. The molecule has 1 spiro atoms. The molecule has 44 heavy (non-hydrogen) atoms. The highest BCUT2D eigenvalue weighted by Crippen LogP contribution is 2.35. The summed E-state index contributed by atoms with van der Waals surface area (Å²) < 4.78 is 20.3. The van der Waals surface area contributed by atoms with Crippen LogP contribution in [0.3, 0.4) is 0 Å². The molecule has 1 atom stereocenters. The summed E-state index contributed by atoms with van der Waals surface area (Å²) in [4.78, 5) is 44.1. The molecule has 2 aliphatic heterocycles. The average Bonchev–Trinajstić information content (AvgIpc) is 3.30. The second-order valence-electron chi connectivity index (χ2n) is 11.3. The lowest BCUT2D eigenvalue weighted by molar-refractivity contribution is -0.134. The Hall–Kier alpha value is -4.82. The summed E-state index contributed by atoms with van der Waals surface area (Å²) in [6.45, 7) is 0.959. The lowest BCUT2D eigenvalue weighted by Crippen LogP contribution is -2.59. The first-order valence-corrected chi connectivity index (χ1v) is 14.9.